The molecular formula is C17H27NO. The number of aryl methyl sites for hydroxylation is 1. The molecule has 0 bridgehead atoms. The molecule has 0 amide bonds. The first-order valence-corrected chi connectivity index (χ1v) is 7.47. The van der Waals surface area contributed by atoms with Crippen LogP contribution in [0.25, 0.3) is 5.57 Å². The van der Waals surface area contributed by atoms with Crippen molar-refractivity contribution in [3.8, 4) is 0 Å². The van der Waals surface area contributed by atoms with Crippen LogP contribution in [0, 0.1) is 6.92 Å². The molecule has 0 spiro atoms. The average Bonchev–Trinajstić information content (AvgIpc) is 2.38. The number of hydrogen-bond acceptors (Lipinski definition) is 1. The molecule has 106 valence electrons. The van der Waals surface area contributed by atoms with Crippen LogP contribution in [0.5, 0.6) is 0 Å². The van der Waals surface area contributed by atoms with E-state index >= 15 is 0 Å². The van der Waals surface area contributed by atoms with Crippen molar-refractivity contribution in [3.63, 3.8) is 0 Å². The lowest BCUT2D eigenvalue weighted by Crippen LogP contribution is -2.19. The minimum absolute atomic E-state index is 0.0906. The van der Waals surface area contributed by atoms with Crippen molar-refractivity contribution in [2.45, 2.75) is 59.3 Å². The van der Waals surface area contributed by atoms with Gasteiger partial charge < -0.3 is 4.57 Å². The zero-order chi connectivity index (χ0) is 14.3. The summed E-state index contributed by atoms with van der Waals surface area (Å²) < 4.78 is 1.78. The van der Waals surface area contributed by atoms with E-state index in [0.29, 0.717) is 0 Å². The number of rotatable bonds is 7. The average molecular weight is 261 g/mol. The Morgan fingerprint density at radius 2 is 1.89 bits per heavy atom. The Morgan fingerprint density at radius 3 is 2.53 bits per heavy atom. The molecule has 1 aromatic rings. The lowest BCUT2D eigenvalue weighted by Gasteiger charge is -2.13. The summed E-state index contributed by atoms with van der Waals surface area (Å²) in [5.41, 5.74) is 3.57. The molecule has 1 heterocycles. The van der Waals surface area contributed by atoms with Gasteiger partial charge in [-0.05, 0) is 43.4 Å². The lowest BCUT2D eigenvalue weighted by atomic mass is 10.0. The van der Waals surface area contributed by atoms with Gasteiger partial charge in [0.15, 0.2) is 0 Å². The van der Waals surface area contributed by atoms with E-state index in [4.69, 9.17) is 0 Å². The summed E-state index contributed by atoms with van der Waals surface area (Å²) in [6, 6.07) is 3.84. The van der Waals surface area contributed by atoms with Crippen LogP contribution < -0.4 is 5.56 Å². The van der Waals surface area contributed by atoms with Crippen LogP contribution in [0.4, 0.5) is 0 Å². The van der Waals surface area contributed by atoms with E-state index in [0.717, 1.165) is 24.1 Å². The largest absolute Gasteiger partial charge is 0.312 e. The molecule has 0 unspecified atom stereocenters. The van der Waals surface area contributed by atoms with Crippen molar-refractivity contribution in [3.05, 3.63) is 39.8 Å². The monoisotopic (exact) mass is 261 g/mol. The summed E-state index contributed by atoms with van der Waals surface area (Å²) in [5.74, 6) is 0. The highest BCUT2D eigenvalue weighted by Gasteiger charge is 2.07. The number of unbranched alkanes of at least 4 members (excludes halogenated alkanes) is 3. The quantitative estimate of drug-likeness (QED) is 0.664. The molecule has 19 heavy (non-hydrogen) atoms. The SMILES string of the molecule is CCCC/C=C(\CCCC)c1cc(C)cc(=O)n1C. The van der Waals surface area contributed by atoms with Crippen LogP contribution in [0.15, 0.2) is 23.0 Å². The molecule has 0 aliphatic heterocycles. The van der Waals surface area contributed by atoms with Crippen LogP contribution in [-0.2, 0) is 7.05 Å². The smallest absolute Gasteiger partial charge is 0.250 e. The Bertz CT molecular complexity index is 483. The fourth-order valence-corrected chi connectivity index (χ4v) is 2.25. The van der Waals surface area contributed by atoms with Gasteiger partial charge in [0.25, 0.3) is 5.56 Å². The number of hydrogen-bond donors (Lipinski definition) is 0. The van der Waals surface area contributed by atoms with Gasteiger partial charge in [-0.1, -0.05) is 39.2 Å². The molecule has 1 aromatic heterocycles. The van der Waals surface area contributed by atoms with E-state index < -0.39 is 0 Å². The summed E-state index contributed by atoms with van der Waals surface area (Å²) in [7, 11) is 1.87. The van der Waals surface area contributed by atoms with E-state index in [9.17, 15) is 4.79 Å². The van der Waals surface area contributed by atoms with Crippen molar-refractivity contribution in [2.75, 3.05) is 0 Å². The zero-order valence-corrected chi connectivity index (χ0v) is 12.8. The van der Waals surface area contributed by atoms with Gasteiger partial charge in [-0.2, -0.15) is 0 Å². The summed E-state index contributed by atoms with van der Waals surface area (Å²) in [4.78, 5) is 11.9. The fraction of sp³-hybridized carbons (Fsp3) is 0.588. The molecule has 0 radical (unpaired) electrons. The van der Waals surface area contributed by atoms with Gasteiger partial charge in [-0.3, -0.25) is 4.79 Å². The predicted octanol–water partition coefficient (Wildman–Crippen LogP) is 4.46. The van der Waals surface area contributed by atoms with Crippen LogP contribution >= 0.6 is 0 Å². The Balaban J connectivity index is 3.09. The molecule has 0 saturated carbocycles. The van der Waals surface area contributed by atoms with Gasteiger partial charge in [-0.25, -0.2) is 0 Å². The standard InChI is InChI=1S/C17H27NO/c1-5-7-9-11-15(10-8-6-2)16-12-14(3)13-17(19)18(16)4/h11-13H,5-10H2,1-4H3/b15-11+. The maximum absolute atomic E-state index is 11.9. The summed E-state index contributed by atoms with van der Waals surface area (Å²) in [6.07, 6.45) is 9.30. The predicted molar refractivity (Wildman–Crippen MR) is 83.4 cm³/mol. The molecule has 0 aliphatic carbocycles. The number of aromatic nitrogens is 1. The van der Waals surface area contributed by atoms with E-state index in [1.807, 2.05) is 14.0 Å². The van der Waals surface area contributed by atoms with Crippen LogP contribution in [0.1, 0.15) is 63.6 Å². The molecule has 2 heteroatoms. The minimum atomic E-state index is 0.0906. The molecule has 0 fully saturated rings. The van der Waals surface area contributed by atoms with E-state index in [1.54, 1.807) is 10.6 Å². The molecule has 0 aromatic carbocycles. The normalized spacial score (nSPS) is 11.9. The first-order chi connectivity index (χ1) is 9.10. The highest BCUT2D eigenvalue weighted by atomic mass is 16.1. The van der Waals surface area contributed by atoms with Crippen LogP contribution in [0.2, 0.25) is 0 Å². The summed E-state index contributed by atoms with van der Waals surface area (Å²) in [6.45, 7) is 6.41. The Labute approximate surface area is 117 Å². The Morgan fingerprint density at radius 1 is 1.21 bits per heavy atom. The lowest BCUT2D eigenvalue weighted by molar-refractivity contribution is 0.780. The number of pyridine rings is 1. The zero-order valence-electron chi connectivity index (χ0n) is 12.8. The van der Waals surface area contributed by atoms with Crippen molar-refractivity contribution in [1.82, 2.24) is 4.57 Å². The van der Waals surface area contributed by atoms with Crippen molar-refractivity contribution in [2.24, 2.45) is 7.05 Å². The fourth-order valence-electron chi connectivity index (χ4n) is 2.25. The number of nitrogens with zero attached hydrogens (tertiary/aromatic N) is 1. The van der Waals surface area contributed by atoms with Crippen LogP contribution in [-0.4, -0.2) is 4.57 Å². The Kier molecular flexibility index (Phi) is 6.61. The van der Waals surface area contributed by atoms with E-state index in [2.05, 4.69) is 26.0 Å². The van der Waals surface area contributed by atoms with Gasteiger partial charge in [0.05, 0.1) is 0 Å². The Hall–Kier alpha value is -1.31. The van der Waals surface area contributed by atoms with Crippen molar-refractivity contribution >= 4 is 5.57 Å². The summed E-state index contributed by atoms with van der Waals surface area (Å²) in [5, 5.41) is 0. The third kappa shape index (κ3) is 4.70. The second-order valence-corrected chi connectivity index (χ2v) is 5.29. The molecular weight excluding hydrogens is 234 g/mol. The van der Waals surface area contributed by atoms with Crippen molar-refractivity contribution < 1.29 is 0 Å². The maximum Gasteiger partial charge on any atom is 0.250 e. The minimum Gasteiger partial charge on any atom is -0.312 e. The third-order valence-electron chi connectivity index (χ3n) is 3.48. The van der Waals surface area contributed by atoms with Gasteiger partial charge in [-0.15, -0.1) is 0 Å². The topological polar surface area (TPSA) is 22.0 Å². The molecule has 0 N–H and O–H groups in total. The van der Waals surface area contributed by atoms with Crippen molar-refractivity contribution in [1.29, 1.82) is 0 Å². The second-order valence-electron chi connectivity index (χ2n) is 5.29. The first kappa shape index (κ1) is 15.7. The van der Waals surface area contributed by atoms with Gasteiger partial charge >= 0.3 is 0 Å². The van der Waals surface area contributed by atoms with Crippen LogP contribution in [0.3, 0.4) is 0 Å². The van der Waals surface area contributed by atoms with E-state index in [1.165, 1.54) is 31.3 Å². The third-order valence-corrected chi connectivity index (χ3v) is 3.48. The second kappa shape index (κ2) is 7.98. The van der Waals surface area contributed by atoms with Gasteiger partial charge in [0, 0.05) is 18.8 Å². The molecule has 2 nitrogen and oxygen atoms in total. The summed E-state index contributed by atoms with van der Waals surface area (Å²) >= 11 is 0. The highest BCUT2D eigenvalue weighted by Crippen LogP contribution is 2.21. The van der Waals surface area contributed by atoms with Gasteiger partial charge in [0.1, 0.15) is 0 Å². The maximum atomic E-state index is 11.9. The molecule has 0 aliphatic rings. The first-order valence-electron chi connectivity index (χ1n) is 7.47. The molecule has 0 atom stereocenters. The molecule has 0 saturated heterocycles. The highest BCUT2D eigenvalue weighted by molar-refractivity contribution is 5.63. The van der Waals surface area contributed by atoms with E-state index in [-0.39, 0.29) is 5.56 Å². The van der Waals surface area contributed by atoms with Gasteiger partial charge in [0.2, 0.25) is 0 Å². The molecule has 1 rings (SSSR count). The number of allylic oxidation sites excluding steroid dienone is 2.